The van der Waals surface area contributed by atoms with Crippen molar-refractivity contribution in [3.05, 3.63) is 65.7 Å². The van der Waals surface area contributed by atoms with E-state index in [2.05, 4.69) is 0 Å². The zero-order chi connectivity index (χ0) is 17.3. The lowest BCUT2D eigenvalue weighted by Gasteiger charge is -2.26. The first-order valence-electron chi connectivity index (χ1n) is 7.79. The summed E-state index contributed by atoms with van der Waals surface area (Å²) in [5.41, 5.74) is 2.94. The van der Waals surface area contributed by atoms with E-state index >= 15 is 0 Å². The molecule has 0 aromatic heterocycles. The van der Waals surface area contributed by atoms with Gasteiger partial charge in [0.15, 0.2) is 0 Å². The van der Waals surface area contributed by atoms with E-state index in [0.717, 1.165) is 11.4 Å². The molecule has 2 aromatic rings. The third-order valence-corrected chi connectivity index (χ3v) is 5.89. The predicted molar refractivity (Wildman–Crippen MR) is 98.0 cm³/mol. The normalized spacial score (nSPS) is 16.9. The Balaban J connectivity index is 2.39. The fourth-order valence-corrected chi connectivity index (χ4v) is 4.59. The minimum absolute atomic E-state index is 0.326. The molecule has 1 aliphatic rings. The Bertz CT molecular complexity index is 942. The Kier molecular flexibility index (Phi) is 4.28. The van der Waals surface area contributed by atoms with E-state index in [4.69, 9.17) is 4.99 Å². The second kappa shape index (κ2) is 6.24. The minimum atomic E-state index is -3.55. The van der Waals surface area contributed by atoms with Crippen LogP contribution in [0.25, 0.3) is 0 Å². The smallest absolute Gasteiger partial charge is 0.208 e. The van der Waals surface area contributed by atoms with Crippen molar-refractivity contribution in [2.24, 2.45) is 4.99 Å². The summed E-state index contributed by atoms with van der Waals surface area (Å²) in [6, 6.07) is 12.5. The first kappa shape index (κ1) is 16.5. The van der Waals surface area contributed by atoms with E-state index in [1.54, 1.807) is 24.3 Å². The van der Waals surface area contributed by atoms with Crippen LogP contribution >= 0.6 is 0 Å². The molecule has 0 amide bonds. The molecule has 124 valence electrons. The van der Waals surface area contributed by atoms with Crippen molar-refractivity contribution in [2.45, 2.75) is 16.7 Å². The fraction of sp³-hybridized carbons (Fsp3) is 0.211. The molecule has 24 heavy (non-hydrogen) atoms. The second-order valence-electron chi connectivity index (χ2n) is 5.80. The van der Waals surface area contributed by atoms with Gasteiger partial charge in [-0.25, -0.2) is 8.42 Å². The Labute approximate surface area is 143 Å². The molecule has 1 aliphatic heterocycles. The van der Waals surface area contributed by atoms with Gasteiger partial charge in [-0.15, -0.1) is 0 Å². The highest BCUT2D eigenvalue weighted by molar-refractivity contribution is 7.91. The molecule has 5 heteroatoms. The van der Waals surface area contributed by atoms with Gasteiger partial charge in [0, 0.05) is 30.9 Å². The third kappa shape index (κ3) is 2.55. The van der Waals surface area contributed by atoms with Crippen LogP contribution in [0.3, 0.4) is 0 Å². The number of anilines is 1. The lowest BCUT2D eigenvalue weighted by molar-refractivity contribution is 0.595. The maximum Gasteiger partial charge on any atom is 0.208 e. The standard InChI is InChI=1S/C19H20N2O2S/c1-4-5-13-20-19-14-9-6-7-11-16(14)24(22,23)17-12-8-10-15(18(17)19)21(2)3/h4-12H,13H2,1-3H3/b5-4+,20-19?. The van der Waals surface area contributed by atoms with E-state index < -0.39 is 9.84 Å². The average Bonchev–Trinajstić information content (AvgIpc) is 2.57. The summed E-state index contributed by atoms with van der Waals surface area (Å²) in [6.07, 6.45) is 3.89. The first-order chi connectivity index (χ1) is 11.5. The van der Waals surface area contributed by atoms with Crippen molar-refractivity contribution in [1.82, 2.24) is 0 Å². The molecule has 0 fully saturated rings. The summed E-state index contributed by atoms with van der Waals surface area (Å²) >= 11 is 0. The van der Waals surface area contributed by atoms with Crippen LogP contribution in [0.4, 0.5) is 5.69 Å². The number of hydrogen-bond acceptors (Lipinski definition) is 4. The summed E-state index contributed by atoms with van der Waals surface area (Å²) in [6.45, 7) is 2.46. The number of hydrogen-bond donors (Lipinski definition) is 0. The van der Waals surface area contributed by atoms with Gasteiger partial charge in [0.1, 0.15) is 0 Å². The Morgan fingerprint density at radius 2 is 1.75 bits per heavy atom. The maximum atomic E-state index is 13.1. The van der Waals surface area contributed by atoms with Gasteiger partial charge < -0.3 is 4.90 Å². The predicted octanol–water partition coefficient (Wildman–Crippen LogP) is 3.31. The zero-order valence-corrected chi connectivity index (χ0v) is 14.8. The molecule has 0 aliphatic carbocycles. The largest absolute Gasteiger partial charge is 0.377 e. The molecule has 3 rings (SSSR count). The molecule has 4 nitrogen and oxygen atoms in total. The van der Waals surface area contributed by atoms with Gasteiger partial charge in [-0.1, -0.05) is 36.4 Å². The van der Waals surface area contributed by atoms with Crippen LogP contribution in [0.2, 0.25) is 0 Å². The molecule has 1 heterocycles. The van der Waals surface area contributed by atoms with Crippen LogP contribution < -0.4 is 4.90 Å². The number of aliphatic imine (C=N–C) groups is 1. The summed E-state index contributed by atoms with van der Waals surface area (Å²) in [5.74, 6) is 0. The fourth-order valence-electron chi connectivity index (χ4n) is 2.92. The van der Waals surface area contributed by atoms with E-state index in [0.29, 0.717) is 27.5 Å². The summed E-state index contributed by atoms with van der Waals surface area (Å²) in [7, 11) is 0.272. The van der Waals surface area contributed by atoms with E-state index in [1.165, 1.54) is 0 Å². The van der Waals surface area contributed by atoms with Crippen molar-refractivity contribution in [3.63, 3.8) is 0 Å². The average molecular weight is 340 g/mol. The van der Waals surface area contributed by atoms with Crippen molar-refractivity contribution in [3.8, 4) is 0 Å². The topological polar surface area (TPSA) is 49.7 Å². The molecule has 0 bridgehead atoms. The molecule has 0 saturated carbocycles. The molecule has 0 radical (unpaired) electrons. The summed E-state index contributed by atoms with van der Waals surface area (Å²) in [4.78, 5) is 7.28. The van der Waals surface area contributed by atoms with Crippen LogP contribution in [0.5, 0.6) is 0 Å². The highest BCUT2D eigenvalue weighted by Gasteiger charge is 2.34. The minimum Gasteiger partial charge on any atom is -0.377 e. The molecule has 0 N–H and O–H groups in total. The van der Waals surface area contributed by atoms with Crippen molar-refractivity contribution >= 4 is 21.2 Å². The van der Waals surface area contributed by atoms with Crippen LogP contribution in [0, 0.1) is 0 Å². The number of allylic oxidation sites excluding steroid dienone is 1. The molecule has 0 saturated heterocycles. The monoisotopic (exact) mass is 340 g/mol. The van der Waals surface area contributed by atoms with Crippen LogP contribution in [0.1, 0.15) is 18.1 Å². The van der Waals surface area contributed by atoms with Crippen molar-refractivity contribution < 1.29 is 8.42 Å². The molecule has 0 unspecified atom stereocenters. The van der Waals surface area contributed by atoms with Crippen molar-refractivity contribution in [2.75, 3.05) is 25.5 Å². The number of rotatable bonds is 3. The van der Waals surface area contributed by atoms with Crippen LogP contribution in [-0.4, -0.2) is 34.8 Å². The number of benzene rings is 2. The van der Waals surface area contributed by atoms with Gasteiger partial charge in [-0.2, -0.15) is 0 Å². The highest BCUT2D eigenvalue weighted by Crippen LogP contribution is 2.38. The number of sulfone groups is 1. The van der Waals surface area contributed by atoms with E-state index in [9.17, 15) is 8.42 Å². The SMILES string of the molecule is C/C=C/CN=C1c2ccccc2S(=O)(=O)c2cccc(N(C)C)c21. The van der Waals surface area contributed by atoms with Gasteiger partial charge in [0.25, 0.3) is 0 Å². The van der Waals surface area contributed by atoms with Crippen molar-refractivity contribution in [1.29, 1.82) is 0 Å². The zero-order valence-electron chi connectivity index (χ0n) is 14.0. The lowest BCUT2D eigenvalue weighted by atomic mass is 9.99. The highest BCUT2D eigenvalue weighted by atomic mass is 32.2. The van der Waals surface area contributed by atoms with E-state index in [-0.39, 0.29) is 0 Å². The van der Waals surface area contributed by atoms with Crippen LogP contribution in [-0.2, 0) is 9.84 Å². The molecular formula is C19H20N2O2S. The lowest BCUT2D eigenvalue weighted by Crippen LogP contribution is -2.24. The van der Waals surface area contributed by atoms with E-state index in [1.807, 2.05) is 56.3 Å². The maximum absolute atomic E-state index is 13.1. The van der Waals surface area contributed by atoms with Gasteiger partial charge in [0.2, 0.25) is 9.84 Å². The van der Waals surface area contributed by atoms with Gasteiger partial charge >= 0.3 is 0 Å². The molecule has 0 atom stereocenters. The quantitative estimate of drug-likeness (QED) is 0.687. The van der Waals surface area contributed by atoms with Gasteiger partial charge in [-0.3, -0.25) is 4.99 Å². The van der Waals surface area contributed by atoms with Gasteiger partial charge in [0.05, 0.1) is 22.0 Å². The molecule has 2 aromatic carbocycles. The third-order valence-electron chi connectivity index (χ3n) is 4.03. The summed E-state index contributed by atoms with van der Waals surface area (Å²) < 4.78 is 26.1. The van der Waals surface area contributed by atoms with Crippen LogP contribution in [0.15, 0.2) is 69.4 Å². The Hall–Kier alpha value is -2.40. The first-order valence-corrected chi connectivity index (χ1v) is 9.27. The summed E-state index contributed by atoms with van der Waals surface area (Å²) in [5, 5.41) is 0. The molecular weight excluding hydrogens is 320 g/mol. The number of fused-ring (bicyclic) bond motifs is 2. The molecule has 0 spiro atoms. The second-order valence-corrected chi connectivity index (χ2v) is 7.69. The Morgan fingerprint density at radius 3 is 2.46 bits per heavy atom. The Morgan fingerprint density at radius 1 is 1.04 bits per heavy atom. The van der Waals surface area contributed by atoms with Gasteiger partial charge in [-0.05, 0) is 25.1 Å². The number of nitrogens with zero attached hydrogens (tertiary/aromatic N) is 2.